The van der Waals surface area contributed by atoms with E-state index in [1.165, 1.54) is 0 Å². The summed E-state index contributed by atoms with van der Waals surface area (Å²) in [5.74, 6) is 0.599. The molecule has 1 amide bonds. The first-order valence-corrected chi connectivity index (χ1v) is 7.93. The molecular weight excluding hydrogens is 361 g/mol. The molecule has 7 heteroatoms. The zero-order valence-corrected chi connectivity index (χ0v) is 14.1. The molecule has 1 aliphatic rings. The maximum atomic E-state index is 10.7. The molecule has 23 heavy (non-hydrogen) atoms. The summed E-state index contributed by atoms with van der Waals surface area (Å²) in [5, 5.41) is 1.58. The third-order valence-corrected chi connectivity index (χ3v) is 4.18. The normalized spacial score (nSPS) is 15.9. The summed E-state index contributed by atoms with van der Waals surface area (Å²) in [5.41, 5.74) is 7.65. The average molecular weight is 373 g/mol. The zero-order valence-electron chi connectivity index (χ0n) is 11.8. The highest BCUT2D eigenvalue weighted by Gasteiger charge is 2.27. The Hall–Kier alpha value is -1.62. The van der Waals surface area contributed by atoms with Crippen molar-refractivity contribution < 1.29 is 14.3 Å². The van der Waals surface area contributed by atoms with Gasteiger partial charge in [-0.3, -0.25) is 0 Å². The van der Waals surface area contributed by atoms with Gasteiger partial charge in [0.25, 0.3) is 0 Å². The quantitative estimate of drug-likeness (QED) is 0.848. The molecule has 3 rings (SSSR count). The molecule has 2 aromatic carbocycles. The van der Waals surface area contributed by atoms with Crippen molar-refractivity contribution >= 4 is 40.9 Å². The van der Waals surface area contributed by atoms with Gasteiger partial charge in [-0.1, -0.05) is 34.8 Å². The van der Waals surface area contributed by atoms with Crippen molar-refractivity contribution in [3.63, 3.8) is 0 Å². The van der Waals surface area contributed by atoms with Crippen molar-refractivity contribution in [2.75, 3.05) is 6.61 Å². The number of hydrogen-bond acceptors (Lipinski definition) is 3. The Bertz CT molecular complexity index is 759. The molecule has 1 unspecified atom stereocenters. The fraction of sp³-hybridized carbons (Fsp3) is 0.188. The molecule has 0 fully saturated rings. The van der Waals surface area contributed by atoms with Gasteiger partial charge in [-0.2, -0.15) is 0 Å². The van der Waals surface area contributed by atoms with E-state index in [0.29, 0.717) is 27.2 Å². The van der Waals surface area contributed by atoms with Gasteiger partial charge in [-0.05, 0) is 41.5 Å². The molecule has 0 aromatic heterocycles. The van der Waals surface area contributed by atoms with E-state index < -0.39 is 6.09 Å². The van der Waals surface area contributed by atoms with Crippen molar-refractivity contribution in [3.05, 3.63) is 51.0 Å². The van der Waals surface area contributed by atoms with Crippen LogP contribution in [0.15, 0.2) is 30.3 Å². The number of nitrogens with two attached hydrogens (primary N) is 1. The van der Waals surface area contributed by atoms with Crippen LogP contribution in [0.25, 0.3) is 11.1 Å². The number of carbonyl (C=O) groups excluding carboxylic acids is 1. The minimum absolute atomic E-state index is 0.0820. The summed E-state index contributed by atoms with van der Waals surface area (Å²) in [6, 6.07) is 9.05. The van der Waals surface area contributed by atoms with E-state index in [4.69, 9.17) is 50.0 Å². The molecule has 1 aliphatic heterocycles. The standard InChI is InChI=1S/C16H12Cl3NO3/c17-11-2-9(3-12(18)6-11)8-1-10-4-13(7-22-16(20)21)23-15(10)14(19)5-8/h1-3,5-6,13H,4,7H2,(H2,20,21). The van der Waals surface area contributed by atoms with Crippen LogP contribution in [-0.2, 0) is 11.2 Å². The molecular formula is C16H12Cl3NO3. The summed E-state index contributed by atoms with van der Waals surface area (Å²) >= 11 is 18.4. The van der Waals surface area contributed by atoms with Gasteiger partial charge in [-0.25, -0.2) is 4.79 Å². The highest BCUT2D eigenvalue weighted by Crippen LogP contribution is 2.40. The van der Waals surface area contributed by atoms with E-state index in [-0.39, 0.29) is 12.7 Å². The Morgan fingerprint density at radius 3 is 2.43 bits per heavy atom. The zero-order chi connectivity index (χ0) is 16.6. The van der Waals surface area contributed by atoms with E-state index >= 15 is 0 Å². The van der Waals surface area contributed by atoms with Crippen LogP contribution >= 0.6 is 34.8 Å². The van der Waals surface area contributed by atoms with Crippen molar-refractivity contribution in [2.45, 2.75) is 12.5 Å². The molecule has 2 aromatic rings. The van der Waals surface area contributed by atoms with Gasteiger partial charge in [0, 0.05) is 22.0 Å². The SMILES string of the molecule is NC(=O)OCC1Cc2cc(-c3cc(Cl)cc(Cl)c3)cc(Cl)c2O1. The lowest BCUT2D eigenvalue weighted by Gasteiger charge is -2.10. The molecule has 2 N–H and O–H groups in total. The van der Waals surface area contributed by atoms with Crippen LogP contribution < -0.4 is 10.5 Å². The van der Waals surface area contributed by atoms with E-state index in [9.17, 15) is 4.79 Å². The average Bonchev–Trinajstić information content (AvgIpc) is 2.87. The lowest BCUT2D eigenvalue weighted by Crippen LogP contribution is -2.25. The first kappa shape index (κ1) is 16.2. The van der Waals surface area contributed by atoms with Crippen LogP contribution in [0.2, 0.25) is 15.1 Å². The summed E-state index contributed by atoms with van der Waals surface area (Å²) in [6.45, 7) is 0.0820. The Morgan fingerprint density at radius 1 is 1.13 bits per heavy atom. The van der Waals surface area contributed by atoms with Crippen LogP contribution in [0.3, 0.4) is 0 Å². The largest absolute Gasteiger partial charge is 0.485 e. The fourth-order valence-electron chi connectivity index (χ4n) is 2.54. The van der Waals surface area contributed by atoms with Gasteiger partial charge in [0.2, 0.25) is 0 Å². The van der Waals surface area contributed by atoms with Crippen LogP contribution in [0.4, 0.5) is 4.79 Å². The highest BCUT2D eigenvalue weighted by atomic mass is 35.5. The summed E-state index contributed by atoms with van der Waals surface area (Å²) < 4.78 is 10.5. The molecule has 0 saturated carbocycles. The molecule has 0 bridgehead atoms. The number of halogens is 3. The molecule has 4 nitrogen and oxygen atoms in total. The van der Waals surface area contributed by atoms with Gasteiger partial charge in [0.05, 0.1) is 5.02 Å². The first-order chi connectivity index (χ1) is 10.9. The predicted octanol–water partition coefficient (Wildman–Crippen LogP) is 4.71. The van der Waals surface area contributed by atoms with E-state index in [1.54, 1.807) is 12.1 Å². The minimum Gasteiger partial charge on any atom is -0.485 e. The minimum atomic E-state index is -0.829. The van der Waals surface area contributed by atoms with Crippen LogP contribution in [0, 0.1) is 0 Å². The van der Waals surface area contributed by atoms with Crippen molar-refractivity contribution in [1.29, 1.82) is 0 Å². The number of primary amides is 1. The number of ether oxygens (including phenoxy) is 2. The van der Waals surface area contributed by atoms with Crippen molar-refractivity contribution in [2.24, 2.45) is 5.73 Å². The Balaban J connectivity index is 1.89. The maximum Gasteiger partial charge on any atom is 0.404 e. The lowest BCUT2D eigenvalue weighted by molar-refractivity contribution is 0.0989. The van der Waals surface area contributed by atoms with Gasteiger partial charge in [0.15, 0.2) is 0 Å². The lowest BCUT2D eigenvalue weighted by atomic mass is 10.0. The second kappa shape index (κ2) is 6.48. The Morgan fingerprint density at radius 2 is 1.78 bits per heavy atom. The molecule has 0 radical (unpaired) electrons. The smallest absolute Gasteiger partial charge is 0.404 e. The first-order valence-electron chi connectivity index (χ1n) is 6.80. The highest BCUT2D eigenvalue weighted by molar-refractivity contribution is 6.35. The number of rotatable bonds is 3. The second-order valence-corrected chi connectivity index (χ2v) is 6.46. The third-order valence-electron chi connectivity index (χ3n) is 3.46. The Labute approximate surface area is 148 Å². The molecule has 0 aliphatic carbocycles. The Kier molecular flexibility index (Phi) is 4.57. The number of amides is 1. The number of carbonyl (C=O) groups is 1. The van der Waals surface area contributed by atoms with Crippen LogP contribution in [-0.4, -0.2) is 18.8 Å². The summed E-state index contributed by atoms with van der Waals surface area (Å²) in [4.78, 5) is 10.7. The predicted molar refractivity (Wildman–Crippen MR) is 90.6 cm³/mol. The fourth-order valence-corrected chi connectivity index (χ4v) is 3.35. The van der Waals surface area contributed by atoms with Crippen LogP contribution in [0.1, 0.15) is 5.56 Å². The number of fused-ring (bicyclic) bond motifs is 1. The topological polar surface area (TPSA) is 61.6 Å². The van der Waals surface area contributed by atoms with E-state index in [0.717, 1.165) is 16.7 Å². The number of hydrogen-bond donors (Lipinski definition) is 1. The third kappa shape index (κ3) is 3.66. The second-order valence-electron chi connectivity index (χ2n) is 5.18. The molecule has 1 atom stereocenters. The van der Waals surface area contributed by atoms with E-state index in [1.807, 2.05) is 18.2 Å². The van der Waals surface area contributed by atoms with Gasteiger partial charge < -0.3 is 15.2 Å². The monoisotopic (exact) mass is 371 g/mol. The van der Waals surface area contributed by atoms with Gasteiger partial charge in [0.1, 0.15) is 18.5 Å². The molecule has 0 saturated heterocycles. The van der Waals surface area contributed by atoms with Crippen LogP contribution in [0.5, 0.6) is 5.75 Å². The molecule has 120 valence electrons. The maximum absolute atomic E-state index is 10.7. The van der Waals surface area contributed by atoms with Gasteiger partial charge in [-0.15, -0.1) is 0 Å². The molecule has 0 spiro atoms. The van der Waals surface area contributed by atoms with Crippen molar-refractivity contribution in [3.8, 4) is 16.9 Å². The molecule has 1 heterocycles. The van der Waals surface area contributed by atoms with Crippen molar-refractivity contribution in [1.82, 2.24) is 0 Å². The summed E-state index contributed by atoms with van der Waals surface area (Å²) in [7, 11) is 0. The van der Waals surface area contributed by atoms with Gasteiger partial charge >= 0.3 is 6.09 Å². The number of benzene rings is 2. The van der Waals surface area contributed by atoms with E-state index in [2.05, 4.69) is 0 Å². The summed E-state index contributed by atoms with van der Waals surface area (Å²) in [6.07, 6.45) is -0.553.